The largest absolute Gasteiger partial charge is 0.493 e. The van der Waals surface area contributed by atoms with Crippen LogP contribution in [0.1, 0.15) is 16.7 Å². The number of rotatable bonds is 8. The summed E-state index contributed by atoms with van der Waals surface area (Å²) in [5, 5.41) is 15.7. The van der Waals surface area contributed by atoms with Crippen molar-refractivity contribution >= 4 is 17.7 Å². The van der Waals surface area contributed by atoms with Crippen molar-refractivity contribution in [2.24, 2.45) is 5.10 Å². The van der Waals surface area contributed by atoms with Crippen LogP contribution in [0.2, 0.25) is 0 Å². The molecule has 0 amide bonds. The summed E-state index contributed by atoms with van der Waals surface area (Å²) in [6.45, 7) is 2.16. The van der Waals surface area contributed by atoms with Gasteiger partial charge < -0.3 is 9.47 Å². The van der Waals surface area contributed by atoms with Gasteiger partial charge in [-0.15, -0.1) is 0 Å². The molecule has 29 heavy (non-hydrogen) atoms. The fourth-order valence-corrected chi connectivity index (χ4v) is 2.67. The van der Waals surface area contributed by atoms with Gasteiger partial charge >= 0.3 is 5.69 Å². The normalized spacial score (nSPS) is 10.7. The highest BCUT2D eigenvalue weighted by Crippen LogP contribution is 2.38. The number of aromatic nitrogens is 1. The lowest BCUT2D eigenvalue weighted by molar-refractivity contribution is -0.386. The Balaban J connectivity index is 1.83. The molecular weight excluding hydrogens is 372 g/mol. The number of hydrogen-bond donors (Lipinski definition) is 1. The Kier molecular flexibility index (Phi) is 6.36. The minimum atomic E-state index is -0.502. The summed E-state index contributed by atoms with van der Waals surface area (Å²) < 4.78 is 11.1. The van der Waals surface area contributed by atoms with Crippen molar-refractivity contribution in [3.8, 4) is 11.5 Å². The van der Waals surface area contributed by atoms with Crippen molar-refractivity contribution in [3.63, 3.8) is 0 Å². The molecule has 0 aliphatic heterocycles. The lowest BCUT2D eigenvalue weighted by Gasteiger charge is -2.12. The minimum absolute atomic E-state index is 0.0776. The third kappa shape index (κ3) is 5.29. The quantitative estimate of drug-likeness (QED) is 0.348. The van der Waals surface area contributed by atoms with Crippen LogP contribution in [0.3, 0.4) is 0 Å². The highest BCUT2D eigenvalue weighted by molar-refractivity contribution is 5.83. The highest BCUT2D eigenvalue weighted by atomic mass is 16.6. The first kappa shape index (κ1) is 19.8. The number of nitrogens with zero attached hydrogens (tertiary/aromatic N) is 3. The van der Waals surface area contributed by atoms with E-state index >= 15 is 0 Å². The fourth-order valence-electron chi connectivity index (χ4n) is 2.67. The third-order valence-electron chi connectivity index (χ3n) is 4.00. The molecule has 0 bridgehead atoms. The monoisotopic (exact) mass is 392 g/mol. The number of pyridine rings is 1. The van der Waals surface area contributed by atoms with Crippen molar-refractivity contribution in [1.82, 2.24) is 4.98 Å². The topological polar surface area (TPSA) is 98.9 Å². The number of hydrogen-bond acceptors (Lipinski definition) is 7. The highest BCUT2D eigenvalue weighted by Gasteiger charge is 2.22. The molecule has 1 heterocycles. The number of hydrazone groups is 1. The minimum Gasteiger partial charge on any atom is -0.493 e. The van der Waals surface area contributed by atoms with E-state index in [1.165, 1.54) is 19.4 Å². The molecule has 148 valence electrons. The van der Waals surface area contributed by atoms with Gasteiger partial charge in [-0.2, -0.15) is 5.10 Å². The first-order valence-electron chi connectivity index (χ1n) is 8.81. The third-order valence-corrected chi connectivity index (χ3v) is 4.00. The summed E-state index contributed by atoms with van der Waals surface area (Å²) in [7, 11) is 1.44. The van der Waals surface area contributed by atoms with Crippen LogP contribution in [-0.2, 0) is 6.61 Å². The van der Waals surface area contributed by atoms with E-state index in [1.54, 1.807) is 24.4 Å². The molecule has 1 N–H and O–H groups in total. The van der Waals surface area contributed by atoms with Crippen LogP contribution < -0.4 is 14.9 Å². The summed E-state index contributed by atoms with van der Waals surface area (Å²) in [4.78, 5) is 15.2. The van der Waals surface area contributed by atoms with Gasteiger partial charge in [0.1, 0.15) is 12.4 Å². The van der Waals surface area contributed by atoms with Crippen LogP contribution in [0, 0.1) is 17.0 Å². The number of methoxy groups -OCH3 is 1. The van der Waals surface area contributed by atoms with Gasteiger partial charge in [0.25, 0.3) is 0 Å². The van der Waals surface area contributed by atoms with Crippen LogP contribution >= 0.6 is 0 Å². The van der Waals surface area contributed by atoms with E-state index in [4.69, 9.17) is 9.47 Å². The van der Waals surface area contributed by atoms with Crippen molar-refractivity contribution in [2.75, 3.05) is 12.5 Å². The smallest absolute Gasteiger partial charge is 0.315 e. The second-order valence-corrected chi connectivity index (χ2v) is 6.19. The van der Waals surface area contributed by atoms with Crippen LogP contribution in [-0.4, -0.2) is 23.2 Å². The average molecular weight is 392 g/mol. The molecule has 2 aromatic carbocycles. The second-order valence-electron chi connectivity index (χ2n) is 6.19. The van der Waals surface area contributed by atoms with Gasteiger partial charge in [-0.1, -0.05) is 35.9 Å². The summed E-state index contributed by atoms with van der Waals surface area (Å²) >= 11 is 0. The summed E-state index contributed by atoms with van der Waals surface area (Å²) in [5.41, 5.74) is 5.04. The predicted octanol–water partition coefficient (Wildman–Crippen LogP) is 4.33. The molecule has 0 fully saturated rings. The second kappa shape index (κ2) is 9.32. The number of benzene rings is 2. The molecule has 0 saturated heterocycles. The van der Waals surface area contributed by atoms with E-state index in [1.807, 2.05) is 37.3 Å². The molecule has 8 heteroatoms. The van der Waals surface area contributed by atoms with Crippen molar-refractivity contribution < 1.29 is 14.4 Å². The van der Waals surface area contributed by atoms with Crippen molar-refractivity contribution in [2.45, 2.75) is 13.5 Å². The van der Waals surface area contributed by atoms with Crippen LogP contribution in [0.5, 0.6) is 11.5 Å². The zero-order valence-electron chi connectivity index (χ0n) is 16.0. The molecule has 0 atom stereocenters. The van der Waals surface area contributed by atoms with Gasteiger partial charge in [0.2, 0.25) is 5.75 Å². The van der Waals surface area contributed by atoms with Gasteiger partial charge in [0.05, 0.1) is 18.2 Å². The summed E-state index contributed by atoms with van der Waals surface area (Å²) in [5.74, 6) is 0.892. The molecular formula is C21H20N4O4. The van der Waals surface area contributed by atoms with Crippen LogP contribution in [0.4, 0.5) is 11.5 Å². The maximum Gasteiger partial charge on any atom is 0.315 e. The molecule has 0 saturated carbocycles. The Morgan fingerprint density at radius 3 is 2.76 bits per heavy atom. The van der Waals surface area contributed by atoms with E-state index in [2.05, 4.69) is 15.5 Å². The molecule has 3 rings (SSSR count). The summed E-state index contributed by atoms with van der Waals surface area (Å²) in [6, 6.07) is 16.1. The molecule has 0 aliphatic carbocycles. The van der Waals surface area contributed by atoms with Gasteiger partial charge in [0.15, 0.2) is 5.75 Å². The van der Waals surface area contributed by atoms with Gasteiger partial charge in [-0.05, 0) is 30.7 Å². The Morgan fingerprint density at radius 1 is 1.21 bits per heavy atom. The predicted molar refractivity (Wildman–Crippen MR) is 111 cm³/mol. The van der Waals surface area contributed by atoms with Crippen LogP contribution in [0.15, 0.2) is 65.9 Å². The van der Waals surface area contributed by atoms with Gasteiger partial charge in [0, 0.05) is 17.8 Å². The lowest BCUT2D eigenvalue weighted by Crippen LogP contribution is -2.03. The Hall–Kier alpha value is -3.94. The fraction of sp³-hybridized carbons (Fsp3) is 0.143. The first-order valence-corrected chi connectivity index (χ1v) is 8.81. The van der Waals surface area contributed by atoms with Crippen molar-refractivity contribution in [1.29, 1.82) is 0 Å². The molecule has 8 nitrogen and oxygen atoms in total. The zero-order valence-corrected chi connectivity index (χ0v) is 16.0. The van der Waals surface area contributed by atoms with E-state index in [9.17, 15) is 10.1 Å². The Bertz CT molecular complexity index is 1020. The Morgan fingerprint density at radius 2 is 2.07 bits per heavy atom. The summed E-state index contributed by atoms with van der Waals surface area (Å²) in [6.07, 6.45) is 3.08. The molecule has 1 aromatic heterocycles. The van der Waals surface area contributed by atoms with E-state index in [0.717, 1.165) is 11.1 Å². The van der Waals surface area contributed by atoms with Crippen LogP contribution in [0.25, 0.3) is 0 Å². The zero-order chi connectivity index (χ0) is 20.6. The molecule has 0 aliphatic rings. The average Bonchev–Trinajstić information content (AvgIpc) is 2.73. The van der Waals surface area contributed by atoms with Crippen molar-refractivity contribution in [3.05, 3.63) is 87.6 Å². The molecule has 0 unspecified atom stereocenters. The molecule has 0 spiro atoms. The number of anilines is 1. The maximum atomic E-state index is 11.6. The van der Waals surface area contributed by atoms with Gasteiger partial charge in [-0.25, -0.2) is 4.98 Å². The maximum absolute atomic E-state index is 11.6. The van der Waals surface area contributed by atoms with E-state index in [-0.39, 0.29) is 23.8 Å². The molecule has 0 radical (unpaired) electrons. The number of nitro groups is 1. The lowest BCUT2D eigenvalue weighted by atomic mass is 10.1. The van der Waals surface area contributed by atoms with Gasteiger partial charge in [-0.3, -0.25) is 15.5 Å². The Labute approximate surface area is 168 Å². The number of aryl methyl sites for hydroxylation is 1. The molecule has 3 aromatic rings. The SMILES string of the molecule is COc1cc(/C=N/Nc2ccccn2)cc([N+](=O)[O-])c1OCc1cccc(C)c1. The number of nitro benzene ring substituents is 1. The first-order chi connectivity index (χ1) is 14.1. The number of nitrogens with one attached hydrogen (secondary N) is 1. The van der Waals surface area contributed by atoms with E-state index in [0.29, 0.717) is 11.4 Å². The van der Waals surface area contributed by atoms with E-state index < -0.39 is 4.92 Å². The standard InChI is InChI=1S/C21H20N4O4/c1-15-6-5-7-16(10-15)14-29-21-18(25(26)27)11-17(12-19(21)28-2)13-23-24-20-8-3-4-9-22-20/h3-13H,14H2,1-2H3,(H,22,24)/b23-13+. The number of ether oxygens (including phenoxy) is 2.